The summed E-state index contributed by atoms with van der Waals surface area (Å²) in [6.45, 7) is -0.306. The molecule has 0 fully saturated rings. The van der Waals surface area contributed by atoms with Crippen molar-refractivity contribution >= 4 is 11.9 Å². The zero-order valence-corrected chi connectivity index (χ0v) is 10.5. The van der Waals surface area contributed by atoms with Gasteiger partial charge < -0.3 is 10.6 Å². The Morgan fingerprint density at radius 2 is 1.95 bits per heavy atom. The Labute approximate surface area is 112 Å². The zero-order chi connectivity index (χ0) is 14.6. The number of aromatic nitrogens is 5. The predicted molar refractivity (Wildman–Crippen MR) is 65.7 cm³/mol. The molecule has 2 N–H and O–H groups in total. The number of halogens is 3. The molecule has 0 aliphatic carbocycles. The first kappa shape index (κ1) is 14.0. The van der Waals surface area contributed by atoms with E-state index in [0.29, 0.717) is 0 Å². The molecule has 7 nitrogen and oxygen atoms in total. The van der Waals surface area contributed by atoms with E-state index in [0.717, 1.165) is 0 Å². The van der Waals surface area contributed by atoms with Crippen molar-refractivity contribution in [2.75, 3.05) is 24.2 Å². The van der Waals surface area contributed by atoms with Crippen molar-refractivity contribution in [3.8, 4) is 5.95 Å². The summed E-state index contributed by atoms with van der Waals surface area (Å²) in [7, 11) is 1.60. The first-order chi connectivity index (χ1) is 9.48. The fourth-order valence-corrected chi connectivity index (χ4v) is 1.36. The van der Waals surface area contributed by atoms with Gasteiger partial charge in [0.1, 0.15) is 6.33 Å². The SMILES string of the molecule is CNc1nc(NCCC(F)(F)F)nc(-n2ccnc2)n1. The lowest BCUT2D eigenvalue weighted by atomic mass is 10.4. The second-order valence-electron chi connectivity index (χ2n) is 3.79. The Morgan fingerprint density at radius 1 is 1.20 bits per heavy atom. The van der Waals surface area contributed by atoms with Crippen LogP contribution in [-0.2, 0) is 0 Å². The average molecular weight is 287 g/mol. The molecular formula is C10H12F3N7. The second kappa shape index (κ2) is 5.72. The van der Waals surface area contributed by atoms with E-state index in [1.165, 1.54) is 10.9 Å². The highest BCUT2D eigenvalue weighted by Gasteiger charge is 2.26. The normalized spacial score (nSPS) is 11.4. The molecule has 0 saturated carbocycles. The third kappa shape index (κ3) is 3.80. The molecule has 20 heavy (non-hydrogen) atoms. The maximum absolute atomic E-state index is 12.1. The Kier molecular flexibility index (Phi) is 4.01. The topological polar surface area (TPSA) is 80.5 Å². The quantitative estimate of drug-likeness (QED) is 0.866. The Balaban J connectivity index is 2.14. The minimum Gasteiger partial charge on any atom is -0.357 e. The van der Waals surface area contributed by atoms with Crippen LogP contribution in [0, 0.1) is 0 Å². The van der Waals surface area contributed by atoms with Crippen LogP contribution < -0.4 is 10.6 Å². The van der Waals surface area contributed by atoms with Gasteiger partial charge in [0.25, 0.3) is 0 Å². The lowest BCUT2D eigenvalue weighted by Gasteiger charge is -2.10. The molecule has 0 aliphatic heterocycles. The van der Waals surface area contributed by atoms with Crippen LogP contribution in [0.4, 0.5) is 25.1 Å². The standard InChI is InChI=1S/C10H12F3N7/c1-14-7-17-8(16-3-2-10(11,12)13)19-9(18-7)20-5-4-15-6-20/h4-6H,2-3H2,1H3,(H2,14,16,17,18,19). The number of hydrogen-bond acceptors (Lipinski definition) is 6. The van der Waals surface area contributed by atoms with Gasteiger partial charge in [-0.3, -0.25) is 4.57 Å². The summed E-state index contributed by atoms with van der Waals surface area (Å²) in [5, 5.41) is 5.24. The largest absolute Gasteiger partial charge is 0.390 e. The molecule has 0 amide bonds. The Morgan fingerprint density at radius 3 is 2.55 bits per heavy atom. The van der Waals surface area contributed by atoms with Crippen molar-refractivity contribution in [1.82, 2.24) is 24.5 Å². The van der Waals surface area contributed by atoms with E-state index in [1.54, 1.807) is 19.4 Å². The third-order valence-corrected chi connectivity index (χ3v) is 2.27. The molecule has 0 unspecified atom stereocenters. The van der Waals surface area contributed by atoms with Crippen molar-refractivity contribution in [3.63, 3.8) is 0 Å². The van der Waals surface area contributed by atoms with Crippen molar-refractivity contribution in [1.29, 1.82) is 0 Å². The maximum atomic E-state index is 12.1. The fourth-order valence-electron chi connectivity index (χ4n) is 1.36. The molecule has 0 spiro atoms. The number of nitrogens with one attached hydrogen (secondary N) is 2. The molecule has 0 atom stereocenters. The molecule has 2 aromatic heterocycles. The van der Waals surface area contributed by atoms with E-state index in [1.807, 2.05) is 0 Å². The minimum absolute atomic E-state index is 0.0669. The number of nitrogens with zero attached hydrogens (tertiary/aromatic N) is 5. The number of alkyl halides is 3. The van der Waals surface area contributed by atoms with Crippen LogP contribution >= 0.6 is 0 Å². The maximum Gasteiger partial charge on any atom is 0.390 e. The van der Waals surface area contributed by atoms with Gasteiger partial charge in [0, 0.05) is 26.0 Å². The smallest absolute Gasteiger partial charge is 0.357 e. The van der Waals surface area contributed by atoms with Gasteiger partial charge >= 0.3 is 6.18 Å². The lowest BCUT2D eigenvalue weighted by Crippen LogP contribution is -2.17. The second-order valence-corrected chi connectivity index (χ2v) is 3.79. The van der Waals surface area contributed by atoms with Crippen LogP contribution in [0.1, 0.15) is 6.42 Å². The van der Waals surface area contributed by atoms with Crippen molar-refractivity contribution in [3.05, 3.63) is 18.7 Å². The summed E-state index contributed by atoms with van der Waals surface area (Å²) in [4.78, 5) is 15.9. The molecule has 2 heterocycles. The van der Waals surface area contributed by atoms with Gasteiger partial charge in [-0.05, 0) is 0 Å². The average Bonchev–Trinajstić information content (AvgIpc) is 2.90. The molecule has 0 radical (unpaired) electrons. The van der Waals surface area contributed by atoms with Crippen molar-refractivity contribution in [2.45, 2.75) is 12.6 Å². The molecule has 108 valence electrons. The van der Waals surface area contributed by atoms with Gasteiger partial charge in [-0.15, -0.1) is 0 Å². The van der Waals surface area contributed by atoms with Gasteiger partial charge in [-0.25, -0.2) is 4.98 Å². The number of rotatable bonds is 5. The highest BCUT2D eigenvalue weighted by molar-refractivity contribution is 5.37. The van der Waals surface area contributed by atoms with Crippen molar-refractivity contribution < 1.29 is 13.2 Å². The fraction of sp³-hybridized carbons (Fsp3) is 0.400. The van der Waals surface area contributed by atoms with E-state index in [2.05, 4.69) is 30.6 Å². The van der Waals surface area contributed by atoms with E-state index in [9.17, 15) is 13.2 Å². The summed E-state index contributed by atoms with van der Waals surface area (Å²) in [5.41, 5.74) is 0. The van der Waals surface area contributed by atoms with Crippen LogP contribution in [0.15, 0.2) is 18.7 Å². The third-order valence-electron chi connectivity index (χ3n) is 2.27. The Bertz CT molecular complexity index is 552. The van der Waals surface area contributed by atoms with E-state index < -0.39 is 12.6 Å². The molecule has 0 aliphatic rings. The number of imidazole rings is 1. The first-order valence-electron chi connectivity index (χ1n) is 5.71. The summed E-state index contributed by atoms with van der Waals surface area (Å²) >= 11 is 0. The van der Waals surface area contributed by atoms with Crippen molar-refractivity contribution in [2.24, 2.45) is 0 Å². The van der Waals surface area contributed by atoms with Crippen LogP contribution in [-0.4, -0.2) is 44.3 Å². The van der Waals surface area contributed by atoms with Gasteiger partial charge in [-0.2, -0.15) is 28.1 Å². The van der Waals surface area contributed by atoms with Crippen LogP contribution in [0.3, 0.4) is 0 Å². The summed E-state index contributed by atoms with van der Waals surface area (Å²) in [6, 6.07) is 0. The van der Waals surface area contributed by atoms with E-state index in [4.69, 9.17) is 0 Å². The van der Waals surface area contributed by atoms with Gasteiger partial charge in [-0.1, -0.05) is 0 Å². The summed E-state index contributed by atoms with van der Waals surface area (Å²) < 4.78 is 37.8. The molecule has 2 rings (SSSR count). The number of hydrogen-bond donors (Lipinski definition) is 2. The molecule has 0 saturated heterocycles. The monoisotopic (exact) mass is 287 g/mol. The first-order valence-corrected chi connectivity index (χ1v) is 5.71. The van der Waals surface area contributed by atoms with Gasteiger partial charge in [0.15, 0.2) is 0 Å². The highest BCUT2D eigenvalue weighted by atomic mass is 19.4. The highest BCUT2D eigenvalue weighted by Crippen LogP contribution is 2.19. The van der Waals surface area contributed by atoms with E-state index in [-0.39, 0.29) is 24.4 Å². The van der Waals surface area contributed by atoms with Crippen LogP contribution in [0.2, 0.25) is 0 Å². The van der Waals surface area contributed by atoms with Gasteiger partial charge in [0.2, 0.25) is 17.8 Å². The van der Waals surface area contributed by atoms with Crippen LogP contribution in [0.25, 0.3) is 5.95 Å². The molecule has 0 bridgehead atoms. The van der Waals surface area contributed by atoms with Crippen LogP contribution in [0.5, 0.6) is 0 Å². The summed E-state index contributed by atoms with van der Waals surface area (Å²) in [6.07, 6.45) is -0.546. The Hall–Kier alpha value is -2.39. The lowest BCUT2D eigenvalue weighted by molar-refractivity contribution is -0.131. The predicted octanol–water partition coefficient (Wildman–Crippen LogP) is 1.46. The summed E-state index contributed by atoms with van der Waals surface area (Å²) in [5.74, 6) is 0.576. The molecule has 10 heteroatoms. The molecule has 0 aromatic carbocycles. The minimum atomic E-state index is -4.22. The molecular weight excluding hydrogens is 275 g/mol. The molecule has 2 aromatic rings. The zero-order valence-electron chi connectivity index (χ0n) is 10.5. The number of anilines is 2. The van der Waals surface area contributed by atoms with Gasteiger partial charge in [0.05, 0.1) is 6.42 Å². The van der Waals surface area contributed by atoms with E-state index >= 15 is 0 Å².